The summed E-state index contributed by atoms with van der Waals surface area (Å²) in [6, 6.07) is 8.22. The molecule has 104 valence electrons. The van der Waals surface area contributed by atoms with Crippen LogP contribution in [0.5, 0.6) is 0 Å². The first-order valence-electron chi connectivity index (χ1n) is 5.56. The van der Waals surface area contributed by atoms with Crippen molar-refractivity contribution in [1.82, 2.24) is 0 Å². The summed E-state index contributed by atoms with van der Waals surface area (Å²) in [6.45, 7) is 0. The van der Waals surface area contributed by atoms with E-state index in [9.17, 15) is 14.3 Å². The number of carboxylic acids is 1. The molecule has 0 radical (unpaired) electrons. The van der Waals surface area contributed by atoms with E-state index in [0.29, 0.717) is 16.1 Å². The van der Waals surface area contributed by atoms with Crippen LogP contribution in [0.4, 0.5) is 4.39 Å². The number of aliphatic hydroxyl groups is 1. The largest absolute Gasteiger partial charge is 0.479 e. The summed E-state index contributed by atoms with van der Waals surface area (Å²) in [5.74, 6) is -2.10. The average molecular weight is 315 g/mol. The lowest BCUT2D eigenvalue weighted by Gasteiger charge is -2.13. The van der Waals surface area contributed by atoms with Gasteiger partial charge in [0.25, 0.3) is 0 Å². The molecule has 2 aromatic rings. The highest BCUT2D eigenvalue weighted by molar-refractivity contribution is 6.42. The fourth-order valence-electron chi connectivity index (χ4n) is 1.82. The van der Waals surface area contributed by atoms with Crippen molar-refractivity contribution in [3.63, 3.8) is 0 Å². The van der Waals surface area contributed by atoms with Gasteiger partial charge < -0.3 is 10.2 Å². The fraction of sp³-hybridized carbons (Fsp3) is 0.0714. The summed E-state index contributed by atoms with van der Waals surface area (Å²) in [7, 11) is 0. The van der Waals surface area contributed by atoms with Crippen LogP contribution in [0.15, 0.2) is 36.4 Å². The Hall–Kier alpha value is -1.62. The number of halogens is 3. The summed E-state index contributed by atoms with van der Waals surface area (Å²) >= 11 is 11.7. The molecule has 0 aliphatic carbocycles. The van der Waals surface area contributed by atoms with Gasteiger partial charge in [-0.05, 0) is 35.4 Å². The van der Waals surface area contributed by atoms with Gasteiger partial charge in [-0.1, -0.05) is 35.3 Å². The predicted octanol–water partition coefficient (Wildman–Crippen LogP) is 3.92. The molecule has 0 heterocycles. The minimum atomic E-state index is -1.82. The molecule has 0 aromatic heterocycles. The first-order chi connectivity index (χ1) is 9.40. The molecule has 0 fully saturated rings. The third-order valence-corrected chi connectivity index (χ3v) is 3.51. The minimum Gasteiger partial charge on any atom is -0.479 e. The zero-order chi connectivity index (χ0) is 14.9. The van der Waals surface area contributed by atoms with Gasteiger partial charge in [0.2, 0.25) is 0 Å². The van der Waals surface area contributed by atoms with Gasteiger partial charge in [-0.3, -0.25) is 0 Å². The van der Waals surface area contributed by atoms with Gasteiger partial charge in [0.1, 0.15) is 5.82 Å². The molecule has 0 amide bonds. The topological polar surface area (TPSA) is 57.5 Å². The summed E-state index contributed by atoms with van der Waals surface area (Å²) in [4.78, 5) is 10.9. The van der Waals surface area contributed by atoms with Crippen molar-refractivity contribution in [3.05, 3.63) is 57.8 Å². The predicted molar refractivity (Wildman–Crippen MR) is 74.5 cm³/mol. The molecule has 2 N–H and O–H groups in total. The van der Waals surface area contributed by atoms with Crippen molar-refractivity contribution in [2.24, 2.45) is 0 Å². The smallest absolute Gasteiger partial charge is 0.337 e. The van der Waals surface area contributed by atoms with Crippen molar-refractivity contribution in [1.29, 1.82) is 0 Å². The molecule has 0 aliphatic rings. The summed E-state index contributed by atoms with van der Waals surface area (Å²) in [5.41, 5.74) is 0.866. The SMILES string of the molecule is O=C(O)C(O)c1cc(F)ccc1-c1ccc(Cl)c(Cl)c1. The van der Waals surface area contributed by atoms with E-state index in [2.05, 4.69) is 0 Å². The van der Waals surface area contributed by atoms with Crippen LogP contribution >= 0.6 is 23.2 Å². The summed E-state index contributed by atoms with van der Waals surface area (Å²) in [6.07, 6.45) is -1.82. The maximum atomic E-state index is 13.3. The lowest BCUT2D eigenvalue weighted by molar-refractivity contribution is -0.146. The number of hydrogen-bond acceptors (Lipinski definition) is 2. The van der Waals surface area contributed by atoms with Gasteiger partial charge in [-0.2, -0.15) is 0 Å². The van der Waals surface area contributed by atoms with Gasteiger partial charge in [0, 0.05) is 5.56 Å². The van der Waals surface area contributed by atoms with Gasteiger partial charge in [0.05, 0.1) is 10.0 Å². The van der Waals surface area contributed by atoms with E-state index < -0.39 is 17.9 Å². The molecule has 0 saturated heterocycles. The average Bonchev–Trinajstić information content (AvgIpc) is 2.41. The highest BCUT2D eigenvalue weighted by Crippen LogP contribution is 2.33. The van der Waals surface area contributed by atoms with E-state index in [0.717, 1.165) is 6.07 Å². The Bertz CT molecular complexity index is 673. The number of benzene rings is 2. The lowest BCUT2D eigenvalue weighted by Crippen LogP contribution is -2.12. The van der Waals surface area contributed by atoms with E-state index in [-0.39, 0.29) is 10.6 Å². The molecule has 0 saturated carbocycles. The number of carboxylic acid groups (broad SMARTS) is 1. The maximum Gasteiger partial charge on any atom is 0.337 e. The normalized spacial score (nSPS) is 12.2. The third kappa shape index (κ3) is 2.93. The highest BCUT2D eigenvalue weighted by atomic mass is 35.5. The first-order valence-corrected chi connectivity index (χ1v) is 6.31. The Balaban J connectivity index is 2.61. The van der Waals surface area contributed by atoms with Crippen molar-refractivity contribution in [2.45, 2.75) is 6.10 Å². The summed E-state index contributed by atoms with van der Waals surface area (Å²) < 4.78 is 13.3. The molecule has 2 aromatic carbocycles. The van der Waals surface area contributed by atoms with Crippen LogP contribution < -0.4 is 0 Å². The van der Waals surface area contributed by atoms with Crippen LogP contribution in [0.2, 0.25) is 10.0 Å². The van der Waals surface area contributed by atoms with Crippen molar-refractivity contribution in [3.8, 4) is 11.1 Å². The van der Waals surface area contributed by atoms with E-state index in [4.69, 9.17) is 28.3 Å². The fourth-order valence-corrected chi connectivity index (χ4v) is 2.12. The standard InChI is InChI=1S/C14H9Cl2FO3/c15-11-4-1-7(5-12(11)16)9-3-2-8(17)6-10(9)13(18)14(19)20/h1-6,13,18H,(H,19,20). The number of rotatable bonds is 3. The van der Waals surface area contributed by atoms with Crippen molar-refractivity contribution in [2.75, 3.05) is 0 Å². The van der Waals surface area contributed by atoms with E-state index >= 15 is 0 Å². The Kier molecular flexibility index (Phi) is 4.28. The number of aliphatic carboxylic acids is 1. The minimum absolute atomic E-state index is 0.0455. The van der Waals surface area contributed by atoms with E-state index in [1.165, 1.54) is 18.2 Å². The quantitative estimate of drug-likeness (QED) is 0.902. The van der Waals surface area contributed by atoms with Crippen LogP contribution in [0.1, 0.15) is 11.7 Å². The van der Waals surface area contributed by atoms with E-state index in [1.54, 1.807) is 12.1 Å². The number of hydrogen-bond donors (Lipinski definition) is 2. The Morgan fingerprint density at radius 2 is 1.80 bits per heavy atom. The zero-order valence-corrected chi connectivity index (χ0v) is 11.5. The molecule has 0 aliphatic heterocycles. The molecule has 20 heavy (non-hydrogen) atoms. The molecule has 0 bridgehead atoms. The van der Waals surface area contributed by atoms with Crippen LogP contribution in [-0.4, -0.2) is 16.2 Å². The Labute approximate surface area is 124 Å². The Morgan fingerprint density at radius 1 is 1.10 bits per heavy atom. The molecule has 2 rings (SSSR count). The summed E-state index contributed by atoms with van der Waals surface area (Å²) in [5, 5.41) is 19.2. The number of carbonyl (C=O) groups is 1. The van der Waals surface area contributed by atoms with Gasteiger partial charge >= 0.3 is 5.97 Å². The molecule has 6 heteroatoms. The van der Waals surface area contributed by atoms with E-state index in [1.807, 2.05) is 0 Å². The second-order valence-corrected chi connectivity index (χ2v) is 4.92. The van der Waals surface area contributed by atoms with Gasteiger partial charge in [-0.25, -0.2) is 9.18 Å². The van der Waals surface area contributed by atoms with Gasteiger partial charge in [-0.15, -0.1) is 0 Å². The van der Waals surface area contributed by atoms with Crippen LogP contribution in [0.25, 0.3) is 11.1 Å². The third-order valence-electron chi connectivity index (χ3n) is 2.77. The zero-order valence-electron chi connectivity index (χ0n) is 9.98. The molecule has 1 unspecified atom stereocenters. The monoisotopic (exact) mass is 314 g/mol. The molecule has 3 nitrogen and oxygen atoms in total. The van der Waals surface area contributed by atoms with Crippen molar-refractivity contribution < 1.29 is 19.4 Å². The highest BCUT2D eigenvalue weighted by Gasteiger charge is 2.21. The van der Waals surface area contributed by atoms with Crippen LogP contribution in [0, 0.1) is 5.82 Å². The molecule has 1 atom stereocenters. The van der Waals surface area contributed by atoms with Crippen molar-refractivity contribution >= 4 is 29.2 Å². The second kappa shape index (κ2) is 5.79. The maximum absolute atomic E-state index is 13.3. The van der Waals surface area contributed by atoms with Gasteiger partial charge in [0.15, 0.2) is 6.10 Å². The molecular formula is C14H9Cl2FO3. The van der Waals surface area contributed by atoms with Crippen LogP contribution in [-0.2, 0) is 4.79 Å². The lowest BCUT2D eigenvalue weighted by atomic mass is 9.96. The van der Waals surface area contributed by atoms with Crippen LogP contribution in [0.3, 0.4) is 0 Å². The Morgan fingerprint density at radius 3 is 2.40 bits per heavy atom. The first kappa shape index (κ1) is 14.8. The number of aliphatic hydroxyl groups excluding tert-OH is 1. The molecular weight excluding hydrogens is 306 g/mol. The molecule has 0 spiro atoms. The second-order valence-electron chi connectivity index (χ2n) is 4.10.